The van der Waals surface area contributed by atoms with E-state index in [2.05, 4.69) is 22.0 Å². The van der Waals surface area contributed by atoms with Crippen LogP contribution in [0, 0.1) is 0 Å². The molecule has 0 radical (unpaired) electrons. The normalized spacial score (nSPS) is 18.8. The number of fused-ring (bicyclic) bond motifs is 1. The molecule has 3 aromatic carbocycles. The standard InChI is InChI=1S/C43H42N4O6S.BrH/c1-43(2,3)53-42(51)44-35-39(49)47-36(41(50)52-37(31-15-9-5-10-16-31)32-17-11-6-12-18-32)34(28-54-40(35)47)25-33-21-24-46(38(33)48)27-30-19-22-45(23-20-30)26-29-13-7-4-8-14-29;/h4-20,22-23,25,35,37,40H,21,24,26-28H2,1-3H3;1H. The zero-order valence-electron chi connectivity index (χ0n) is 30.9. The van der Waals surface area contributed by atoms with Crippen LogP contribution < -0.4 is 26.9 Å². The number of β-lactam (4-membered cyclic amide) rings is 1. The van der Waals surface area contributed by atoms with Crippen molar-refractivity contribution in [2.75, 3.05) is 12.3 Å². The molecule has 2 saturated heterocycles. The lowest BCUT2D eigenvalue weighted by atomic mass is 10.00. The zero-order chi connectivity index (χ0) is 37.8. The van der Waals surface area contributed by atoms with Gasteiger partial charge in [-0.05, 0) is 55.5 Å². The Bertz CT molecular complexity index is 2050. The van der Waals surface area contributed by atoms with Crippen molar-refractivity contribution in [2.45, 2.75) is 63.4 Å². The van der Waals surface area contributed by atoms with Gasteiger partial charge in [-0.15, -0.1) is 11.8 Å². The zero-order valence-corrected chi connectivity index (χ0v) is 33.3. The monoisotopic (exact) mass is 822 g/mol. The number of pyridine rings is 1. The van der Waals surface area contributed by atoms with Crippen molar-refractivity contribution in [1.82, 2.24) is 15.1 Å². The molecule has 0 saturated carbocycles. The Balaban J connectivity index is 0.00000514. The van der Waals surface area contributed by atoms with Crippen LogP contribution in [0.5, 0.6) is 0 Å². The van der Waals surface area contributed by atoms with Crippen LogP contribution in [0.25, 0.3) is 0 Å². The average molecular weight is 824 g/mol. The van der Waals surface area contributed by atoms with E-state index in [4.69, 9.17) is 9.47 Å². The predicted octanol–water partition coefficient (Wildman–Crippen LogP) is 3.08. The molecule has 0 spiro atoms. The second-order valence-electron chi connectivity index (χ2n) is 14.5. The number of nitrogens with one attached hydrogen (secondary N) is 1. The summed E-state index contributed by atoms with van der Waals surface area (Å²) < 4.78 is 13.8. The fraction of sp³-hybridized carbons (Fsp3) is 0.279. The minimum Gasteiger partial charge on any atom is -1.00 e. The molecule has 12 heteroatoms. The van der Waals surface area contributed by atoms with Gasteiger partial charge in [0.1, 0.15) is 22.7 Å². The highest BCUT2D eigenvalue weighted by atomic mass is 79.9. The summed E-state index contributed by atoms with van der Waals surface area (Å²) in [4.78, 5) is 57.8. The van der Waals surface area contributed by atoms with Crippen LogP contribution in [0.3, 0.4) is 0 Å². The number of ether oxygens (including phenoxy) is 2. The Kier molecular flexibility index (Phi) is 12.3. The lowest BCUT2D eigenvalue weighted by Gasteiger charge is -2.49. The van der Waals surface area contributed by atoms with E-state index in [-0.39, 0.29) is 28.6 Å². The lowest BCUT2D eigenvalue weighted by molar-refractivity contribution is -0.688. The Labute approximate surface area is 336 Å². The molecule has 2 atom stereocenters. The molecule has 3 aliphatic rings. The van der Waals surface area contributed by atoms with Crippen molar-refractivity contribution in [2.24, 2.45) is 0 Å². The van der Waals surface area contributed by atoms with E-state index in [1.807, 2.05) is 103 Å². The number of halogens is 1. The minimum atomic E-state index is -0.887. The van der Waals surface area contributed by atoms with Gasteiger partial charge in [0.25, 0.3) is 5.91 Å². The largest absolute Gasteiger partial charge is 1.00 e. The number of likely N-dealkylation sites (tertiary alicyclic amines) is 1. The molecule has 7 rings (SSSR count). The number of nitrogens with zero attached hydrogens (tertiary/aromatic N) is 3. The molecular formula is C43H43BrN4O6S. The van der Waals surface area contributed by atoms with Gasteiger partial charge in [0.05, 0.1) is 0 Å². The number of hydrogen-bond donors (Lipinski definition) is 1. The molecule has 4 heterocycles. The lowest BCUT2D eigenvalue weighted by Crippen LogP contribution is -3.00. The smallest absolute Gasteiger partial charge is 0.408 e. The Morgan fingerprint density at radius 3 is 2.09 bits per heavy atom. The van der Waals surface area contributed by atoms with Gasteiger partial charge in [-0.2, -0.15) is 0 Å². The number of carbonyl (C=O) groups is 4. The molecule has 3 amide bonds. The number of carbonyl (C=O) groups excluding carboxylic acids is 4. The summed E-state index contributed by atoms with van der Waals surface area (Å²) >= 11 is 1.41. The maximum Gasteiger partial charge on any atom is 0.408 e. The molecule has 3 aliphatic heterocycles. The van der Waals surface area contributed by atoms with E-state index in [9.17, 15) is 19.2 Å². The van der Waals surface area contributed by atoms with Crippen molar-refractivity contribution in [3.05, 3.63) is 161 Å². The third kappa shape index (κ3) is 9.20. The predicted molar refractivity (Wildman–Crippen MR) is 204 cm³/mol. The van der Waals surface area contributed by atoms with Crippen molar-refractivity contribution in [3.8, 4) is 0 Å². The van der Waals surface area contributed by atoms with Crippen LogP contribution in [0.1, 0.15) is 55.5 Å². The second-order valence-corrected chi connectivity index (χ2v) is 15.6. The Morgan fingerprint density at radius 1 is 0.891 bits per heavy atom. The highest BCUT2D eigenvalue weighted by molar-refractivity contribution is 8.00. The summed E-state index contributed by atoms with van der Waals surface area (Å²) in [6.07, 6.45) is 4.82. The Morgan fingerprint density at radius 2 is 1.49 bits per heavy atom. The fourth-order valence-electron chi connectivity index (χ4n) is 6.80. The molecule has 0 aliphatic carbocycles. The highest BCUT2D eigenvalue weighted by Crippen LogP contribution is 2.42. The van der Waals surface area contributed by atoms with E-state index in [1.165, 1.54) is 22.2 Å². The molecule has 0 bridgehead atoms. The number of thioether (sulfide) groups is 1. The maximum absolute atomic E-state index is 14.4. The first-order chi connectivity index (χ1) is 26.0. The fourth-order valence-corrected chi connectivity index (χ4v) is 8.11. The van der Waals surface area contributed by atoms with E-state index in [0.717, 1.165) is 23.2 Å². The minimum absolute atomic E-state index is 0. The molecule has 1 N–H and O–H groups in total. The van der Waals surface area contributed by atoms with Gasteiger partial charge < -0.3 is 36.7 Å². The van der Waals surface area contributed by atoms with Crippen LogP contribution in [-0.2, 0) is 36.9 Å². The summed E-state index contributed by atoms with van der Waals surface area (Å²) in [5.41, 5.74) is 4.17. The van der Waals surface area contributed by atoms with Crippen molar-refractivity contribution in [3.63, 3.8) is 0 Å². The van der Waals surface area contributed by atoms with Crippen LogP contribution in [-0.4, -0.2) is 63.0 Å². The number of esters is 1. The number of rotatable bonds is 10. The molecule has 2 unspecified atom stereocenters. The van der Waals surface area contributed by atoms with Crippen molar-refractivity contribution < 1.29 is 50.2 Å². The maximum atomic E-state index is 14.4. The van der Waals surface area contributed by atoms with Crippen LogP contribution in [0.15, 0.2) is 138 Å². The molecule has 10 nitrogen and oxygen atoms in total. The first kappa shape index (κ1) is 39.5. The van der Waals surface area contributed by atoms with Gasteiger partial charge in [0.2, 0.25) is 5.91 Å². The van der Waals surface area contributed by atoms with E-state index in [1.54, 1.807) is 31.7 Å². The van der Waals surface area contributed by atoms with Gasteiger partial charge in [0, 0.05) is 42.1 Å². The first-order valence-corrected chi connectivity index (χ1v) is 19.1. The Hall–Kier alpha value is -5.20. The summed E-state index contributed by atoms with van der Waals surface area (Å²) in [5.74, 6) is -0.938. The first-order valence-electron chi connectivity index (χ1n) is 18.0. The molecule has 4 aromatic rings. The van der Waals surface area contributed by atoms with Gasteiger partial charge in [-0.25, -0.2) is 14.2 Å². The van der Waals surface area contributed by atoms with Crippen molar-refractivity contribution in [1.29, 1.82) is 0 Å². The van der Waals surface area contributed by atoms with Crippen LogP contribution >= 0.6 is 11.8 Å². The number of amides is 3. The third-order valence-corrected chi connectivity index (χ3v) is 10.7. The summed E-state index contributed by atoms with van der Waals surface area (Å²) in [5, 5.41) is 2.13. The van der Waals surface area contributed by atoms with Crippen LogP contribution in [0.4, 0.5) is 4.79 Å². The molecule has 2 fully saturated rings. The van der Waals surface area contributed by atoms with E-state index < -0.39 is 41.1 Å². The average Bonchev–Trinajstić information content (AvgIpc) is 3.51. The number of alkyl carbamates (subject to hydrolysis) is 1. The number of aromatic nitrogens is 1. The topological polar surface area (TPSA) is 109 Å². The number of benzene rings is 3. The van der Waals surface area contributed by atoms with Gasteiger partial charge >= 0.3 is 12.1 Å². The van der Waals surface area contributed by atoms with Crippen LogP contribution in [0.2, 0.25) is 0 Å². The SMILES string of the molecule is CC(C)(C)OC(=O)NC1C(=O)N2C(C(=O)OC(c3ccccc3)c3ccccc3)=C(C=C3CCN(Cc4cc[n+](Cc5ccccc5)cc4)C3=O)CSC12.[Br-]. The molecular weight excluding hydrogens is 780 g/mol. The molecule has 1 aromatic heterocycles. The highest BCUT2D eigenvalue weighted by Gasteiger charge is 2.55. The molecule has 55 heavy (non-hydrogen) atoms. The summed E-state index contributed by atoms with van der Waals surface area (Å²) in [6, 6.07) is 32.2. The quantitative estimate of drug-likeness (QED) is 0.114. The summed E-state index contributed by atoms with van der Waals surface area (Å²) in [6.45, 7) is 6.97. The second kappa shape index (κ2) is 17.1. The molecule has 284 valence electrons. The third-order valence-electron chi connectivity index (χ3n) is 9.40. The van der Waals surface area contributed by atoms with Gasteiger partial charge in [-0.3, -0.25) is 14.5 Å². The van der Waals surface area contributed by atoms with Gasteiger partial charge in [0.15, 0.2) is 25.0 Å². The summed E-state index contributed by atoms with van der Waals surface area (Å²) in [7, 11) is 0. The number of hydrogen-bond acceptors (Lipinski definition) is 7. The van der Waals surface area contributed by atoms with Gasteiger partial charge in [-0.1, -0.05) is 91.0 Å². The number of allylic oxidation sites excluding steroid dienone is 1. The van der Waals surface area contributed by atoms with E-state index >= 15 is 0 Å². The van der Waals surface area contributed by atoms with E-state index in [0.29, 0.717) is 36.4 Å². The van der Waals surface area contributed by atoms with Crippen molar-refractivity contribution >= 4 is 35.6 Å².